The Hall–Kier alpha value is -4.72. The topological polar surface area (TPSA) is 238 Å². The molecule has 0 aliphatic heterocycles. The Labute approximate surface area is 236 Å². The maximum atomic E-state index is 13.4. The van der Waals surface area contributed by atoms with Crippen LogP contribution in [-0.4, -0.2) is 73.8 Å². The molecule has 41 heavy (non-hydrogen) atoms. The minimum atomic E-state index is -1.29. The number of nitrogens with zero attached hydrogens (tertiary/aromatic N) is 1. The second kappa shape index (κ2) is 14.1. The third-order valence-corrected chi connectivity index (χ3v) is 6.42. The highest BCUT2D eigenvalue weighted by Crippen LogP contribution is 2.19. The molecule has 220 valence electrons. The van der Waals surface area contributed by atoms with E-state index in [1.165, 1.54) is 12.5 Å². The SMILES string of the molecule is CC(C)CC(NC(=O)C(N)CC(N)=O)C(=O)NC(Cc1cnc[nH]1)C(=O)NC(Cc1c[nH]c2ccccc12)C(=O)O. The molecule has 0 aliphatic carbocycles. The number of aromatic amines is 2. The fourth-order valence-corrected chi connectivity index (χ4v) is 4.38. The number of aliphatic carboxylic acids is 1. The molecule has 3 rings (SSSR count). The summed E-state index contributed by atoms with van der Waals surface area (Å²) in [4.78, 5) is 72.5. The van der Waals surface area contributed by atoms with E-state index in [2.05, 4.69) is 30.9 Å². The number of carbonyl (C=O) groups is 5. The van der Waals surface area contributed by atoms with Crippen LogP contribution in [-0.2, 0) is 36.8 Å². The van der Waals surface area contributed by atoms with Crippen molar-refractivity contribution in [3.05, 3.63) is 54.2 Å². The van der Waals surface area contributed by atoms with Gasteiger partial charge in [-0.25, -0.2) is 9.78 Å². The number of benzene rings is 1. The lowest BCUT2D eigenvalue weighted by molar-refractivity contribution is -0.142. The minimum absolute atomic E-state index is 0.000403. The van der Waals surface area contributed by atoms with Gasteiger partial charge in [0.05, 0.1) is 18.8 Å². The molecule has 2 aromatic heterocycles. The minimum Gasteiger partial charge on any atom is -0.480 e. The molecule has 10 N–H and O–H groups in total. The molecule has 4 atom stereocenters. The number of carbonyl (C=O) groups excluding carboxylic acids is 4. The summed E-state index contributed by atoms with van der Waals surface area (Å²) in [5.41, 5.74) is 12.9. The summed E-state index contributed by atoms with van der Waals surface area (Å²) in [6.45, 7) is 3.68. The van der Waals surface area contributed by atoms with Crippen LogP contribution in [0.1, 0.15) is 37.9 Å². The molecule has 4 unspecified atom stereocenters. The van der Waals surface area contributed by atoms with Gasteiger partial charge in [-0.1, -0.05) is 32.0 Å². The average Bonchev–Trinajstić information content (AvgIpc) is 3.56. The van der Waals surface area contributed by atoms with Crippen molar-refractivity contribution in [2.45, 2.75) is 63.7 Å². The van der Waals surface area contributed by atoms with Crippen LogP contribution in [0, 0.1) is 5.92 Å². The summed E-state index contributed by atoms with van der Waals surface area (Å²) >= 11 is 0. The van der Waals surface area contributed by atoms with Crippen LogP contribution in [0.3, 0.4) is 0 Å². The predicted octanol–water partition coefficient (Wildman–Crippen LogP) is -0.536. The molecule has 1 aromatic carbocycles. The number of hydrogen-bond donors (Lipinski definition) is 8. The van der Waals surface area contributed by atoms with Crippen molar-refractivity contribution < 1.29 is 29.1 Å². The second-order valence-electron chi connectivity index (χ2n) is 10.3. The maximum absolute atomic E-state index is 13.4. The zero-order chi connectivity index (χ0) is 30.1. The van der Waals surface area contributed by atoms with E-state index in [0.29, 0.717) is 11.3 Å². The lowest BCUT2D eigenvalue weighted by Gasteiger charge is -2.26. The number of H-pyrrole nitrogens is 2. The first-order valence-corrected chi connectivity index (χ1v) is 13.1. The number of rotatable bonds is 15. The monoisotopic (exact) mass is 568 g/mol. The van der Waals surface area contributed by atoms with Gasteiger partial charge >= 0.3 is 5.97 Å². The molecule has 0 saturated heterocycles. The highest BCUT2D eigenvalue weighted by molar-refractivity contribution is 5.95. The largest absolute Gasteiger partial charge is 0.480 e. The normalized spacial score (nSPS) is 14.1. The summed E-state index contributed by atoms with van der Waals surface area (Å²) in [6, 6.07) is 2.55. The van der Waals surface area contributed by atoms with Gasteiger partial charge in [0.15, 0.2) is 0 Å². The van der Waals surface area contributed by atoms with Gasteiger partial charge in [-0.05, 0) is 24.0 Å². The van der Waals surface area contributed by atoms with Crippen LogP contribution in [0.25, 0.3) is 10.9 Å². The molecule has 0 saturated carbocycles. The summed E-state index contributed by atoms with van der Waals surface area (Å²) < 4.78 is 0. The molecule has 0 spiro atoms. The summed E-state index contributed by atoms with van der Waals surface area (Å²) in [6.07, 6.45) is 4.35. The number of carboxylic acids is 1. The first-order chi connectivity index (χ1) is 19.4. The molecule has 0 fully saturated rings. The molecule has 0 radical (unpaired) electrons. The number of nitrogens with one attached hydrogen (secondary N) is 5. The van der Waals surface area contributed by atoms with Crippen LogP contribution < -0.4 is 27.4 Å². The van der Waals surface area contributed by atoms with Gasteiger partial charge in [0.2, 0.25) is 23.6 Å². The van der Waals surface area contributed by atoms with Gasteiger partial charge < -0.3 is 42.5 Å². The Morgan fingerprint density at radius 3 is 2.22 bits per heavy atom. The molecular formula is C27H36N8O6. The Balaban J connectivity index is 1.78. The standard InChI is InChI=1S/C27H36N8O6/c1-14(2)7-20(33-24(37)18(28)10-23(29)36)25(38)34-21(9-16-12-30-13-32-16)26(39)35-22(27(40)41)8-15-11-31-19-6-4-3-5-17(15)19/h3-6,11-14,18,20-22,31H,7-10,28H2,1-2H3,(H2,29,36)(H,30,32)(H,33,37)(H,34,38)(H,35,39)(H,40,41). The molecule has 4 amide bonds. The highest BCUT2D eigenvalue weighted by Gasteiger charge is 2.31. The number of carboxylic acid groups (broad SMARTS) is 1. The number of fused-ring (bicyclic) bond motifs is 1. The molecule has 0 aliphatic rings. The van der Waals surface area contributed by atoms with Crippen molar-refractivity contribution in [1.82, 2.24) is 30.9 Å². The van der Waals surface area contributed by atoms with E-state index < -0.39 is 60.2 Å². The molecule has 3 aromatic rings. The first kappa shape index (κ1) is 30.8. The molecule has 2 heterocycles. The highest BCUT2D eigenvalue weighted by atomic mass is 16.4. The lowest BCUT2D eigenvalue weighted by atomic mass is 10.0. The maximum Gasteiger partial charge on any atom is 0.326 e. The quantitative estimate of drug-likeness (QED) is 0.118. The third kappa shape index (κ3) is 8.89. The van der Waals surface area contributed by atoms with Gasteiger partial charge in [-0.15, -0.1) is 0 Å². The van der Waals surface area contributed by atoms with E-state index in [4.69, 9.17) is 11.5 Å². The van der Waals surface area contributed by atoms with E-state index in [9.17, 15) is 29.1 Å². The number of primary amides is 1. The zero-order valence-electron chi connectivity index (χ0n) is 22.8. The Bertz CT molecular complexity index is 1370. The fraction of sp³-hybridized carbons (Fsp3) is 0.407. The van der Waals surface area contributed by atoms with Gasteiger partial charge in [-0.2, -0.15) is 0 Å². The molecule has 0 bridgehead atoms. The van der Waals surface area contributed by atoms with Crippen molar-refractivity contribution in [3.63, 3.8) is 0 Å². The lowest BCUT2D eigenvalue weighted by Crippen LogP contribution is -2.58. The van der Waals surface area contributed by atoms with Crippen molar-refractivity contribution >= 4 is 40.5 Å². The van der Waals surface area contributed by atoms with Crippen LogP contribution in [0.15, 0.2) is 43.0 Å². The van der Waals surface area contributed by atoms with Gasteiger partial charge in [0.1, 0.15) is 18.1 Å². The van der Waals surface area contributed by atoms with E-state index in [0.717, 1.165) is 10.9 Å². The van der Waals surface area contributed by atoms with E-state index in [1.807, 2.05) is 38.1 Å². The summed E-state index contributed by atoms with van der Waals surface area (Å²) in [7, 11) is 0. The Kier molecular flexibility index (Phi) is 10.6. The van der Waals surface area contributed by atoms with Crippen molar-refractivity contribution in [2.75, 3.05) is 0 Å². The van der Waals surface area contributed by atoms with Gasteiger partial charge in [0, 0.05) is 41.8 Å². The Morgan fingerprint density at radius 2 is 1.59 bits per heavy atom. The number of hydrogen-bond acceptors (Lipinski definition) is 7. The number of nitrogens with two attached hydrogens (primary N) is 2. The molecule has 14 nitrogen and oxygen atoms in total. The van der Waals surface area contributed by atoms with Crippen molar-refractivity contribution in [2.24, 2.45) is 17.4 Å². The zero-order valence-corrected chi connectivity index (χ0v) is 22.8. The number of amides is 4. The molecule has 14 heteroatoms. The second-order valence-corrected chi connectivity index (χ2v) is 10.3. The number of para-hydroxylation sites is 1. The van der Waals surface area contributed by atoms with E-state index >= 15 is 0 Å². The Morgan fingerprint density at radius 1 is 0.927 bits per heavy atom. The van der Waals surface area contributed by atoms with Crippen molar-refractivity contribution in [3.8, 4) is 0 Å². The van der Waals surface area contributed by atoms with Gasteiger partial charge in [-0.3, -0.25) is 19.2 Å². The van der Waals surface area contributed by atoms with Gasteiger partial charge in [0.25, 0.3) is 0 Å². The van der Waals surface area contributed by atoms with E-state index in [1.54, 1.807) is 6.20 Å². The molecular weight excluding hydrogens is 532 g/mol. The smallest absolute Gasteiger partial charge is 0.326 e. The average molecular weight is 569 g/mol. The predicted molar refractivity (Wildman–Crippen MR) is 149 cm³/mol. The van der Waals surface area contributed by atoms with Crippen LogP contribution >= 0.6 is 0 Å². The van der Waals surface area contributed by atoms with Crippen LogP contribution in [0.5, 0.6) is 0 Å². The van der Waals surface area contributed by atoms with Crippen LogP contribution in [0.4, 0.5) is 0 Å². The number of aromatic nitrogens is 3. The van der Waals surface area contributed by atoms with Crippen LogP contribution in [0.2, 0.25) is 0 Å². The summed E-state index contributed by atoms with van der Waals surface area (Å²) in [5.74, 6) is -4.21. The fourth-order valence-electron chi connectivity index (χ4n) is 4.38. The third-order valence-electron chi connectivity index (χ3n) is 6.42. The van der Waals surface area contributed by atoms with E-state index in [-0.39, 0.29) is 25.2 Å². The first-order valence-electron chi connectivity index (χ1n) is 13.1. The number of imidazole rings is 1. The summed E-state index contributed by atoms with van der Waals surface area (Å²) in [5, 5.41) is 18.4. The van der Waals surface area contributed by atoms with Crippen molar-refractivity contribution in [1.29, 1.82) is 0 Å².